The van der Waals surface area contributed by atoms with Gasteiger partial charge in [0.15, 0.2) is 0 Å². The molecule has 3 heterocycles. The first kappa shape index (κ1) is 11.2. The molecule has 3 heteroatoms. The average Bonchev–Trinajstić information content (AvgIpc) is 3.26. The molecule has 1 aliphatic carbocycles. The van der Waals surface area contributed by atoms with E-state index in [4.69, 9.17) is 4.74 Å². The molecule has 1 aromatic rings. The van der Waals surface area contributed by atoms with Gasteiger partial charge in [0, 0.05) is 18.5 Å². The zero-order valence-electron chi connectivity index (χ0n) is 10.8. The van der Waals surface area contributed by atoms with Crippen molar-refractivity contribution in [1.29, 1.82) is 0 Å². The highest BCUT2D eigenvalue weighted by Gasteiger charge is 2.68. The molecule has 0 saturated carbocycles. The molecule has 98 valence electrons. The summed E-state index contributed by atoms with van der Waals surface area (Å²) in [5.74, 6) is 0.330. The summed E-state index contributed by atoms with van der Waals surface area (Å²) >= 11 is 0. The number of piperidine rings is 1. The molecule has 1 aromatic carbocycles. The van der Waals surface area contributed by atoms with Gasteiger partial charge < -0.3 is 4.74 Å². The van der Waals surface area contributed by atoms with Crippen molar-refractivity contribution in [3.63, 3.8) is 0 Å². The molecule has 0 spiro atoms. The van der Waals surface area contributed by atoms with Crippen LogP contribution in [0.5, 0.6) is 0 Å². The molecule has 4 atom stereocenters. The molecule has 1 unspecified atom stereocenters. The van der Waals surface area contributed by atoms with E-state index in [1.807, 2.05) is 30.3 Å². The van der Waals surface area contributed by atoms with E-state index in [-0.39, 0.29) is 11.5 Å². The predicted molar refractivity (Wildman–Crippen MR) is 71.3 cm³/mol. The van der Waals surface area contributed by atoms with Gasteiger partial charge in [0.05, 0.1) is 0 Å². The number of hydrogen-bond acceptors (Lipinski definition) is 3. The number of carbonyl (C=O) groups is 1. The van der Waals surface area contributed by atoms with Gasteiger partial charge in [0.1, 0.15) is 12.1 Å². The number of fused-ring (bicyclic) bond motifs is 1. The van der Waals surface area contributed by atoms with Gasteiger partial charge >= 0.3 is 5.97 Å². The second-order valence-corrected chi connectivity index (χ2v) is 5.75. The third kappa shape index (κ3) is 1.58. The molecule has 5 rings (SSSR count). The van der Waals surface area contributed by atoms with Crippen LogP contribution in [0.1, 0.15) is 18.4 Å². The first-order valence-corrected chi connectivity index (χ1v) is 6.97. The van der Waals surface area contributed by atoms with Crippen LogP contribution >= 0.6 is 0 Å². The van der Waals surface area contributed by atoms with Gasteiger partial charge in [-0.2, -0.15) is 0 Å². The maximum atomic E-state index is 12.4. The minimum Gasteiger partial charge on any atom is -0.459 e. The number of ether oxygens (including phenoxy) is 1. The topological polar surface area (TPSA) is 29.3 Å². The van der Waals surface area contributed by atoms with Crippen LogP contribution < -0.4 is 0 Å². The Morgan fingerprint density at radius 1 is 1.26 bits per heavy atom. The van der Waals surface area contributed by atoms with Crippen LogP contribution in [-0.4, -0.2) is 29.0 Å². The van der Waals surface area contributed by atoms with E-state index in [1.165, 1.54) is 6.42 Å². The fraction of sp³-hybridized carbons (Fsp3) is 0.438. The van der Waals surface area contributed by atoms with Crippen molar-refractivity contribution >= 4 is 5.97 Å². The molecule has 0 amide bonds. The van der Waals surface area contributed by atoms with E-state index in [1.54, 1.807) is 0 Å². The molecular weight excluding hydrogens is 238 g/mol. The van der Waals surface area contributed by atoms with Crippen LogP contribution in [0.2, 0.25) is 0 Å². The number of esters is 1. The Morgan fingerprint density at radius 2 is 2.11 bits per heavy atom. The van der Waals surface area contributed by atoms with Crippen molar-refractivity contribution in [3.8, 4) is 0 Å². The van der Waals surface area contributed by atoms with Gasteiger partial charge in [-0.3, -0.25) is 4.90 Å². The van der Waals surface area contributed by atoms with Gasteiger partial charge in [-0.1, -0.05) is 42.5 Å². The van der Waals surface area contributed by atoms with E-state index in [2.05, 4.69) is 17.1 Å². The lowest BCUT2D eigenvalue weighted by Crippen LogP contribution is -2.47. The van der Waals surface area contributed by atoms with Crippen LogP contribution in [-0.2, 0) is 16.1 Å². The summed E-state index contributed by atoms with van der Waals surface area (Å²) in [5, 5.41) is 0. The van der Waals surface area contributed by atoms with E-state index < -0.39 is 0 Å². The number of nitrogens with zero attached hydrogens (tertiary/aromatic N) is 1. The molecule has 3 aliphatic heterocycles. The van der Waals surface area contributed by atoms with Gasteiger partial charge in [-0.05, 0) is 18.4 Å². The van der Waals surface area contributed by atoms with Crippen molar-refractivity contribution in [2.24, 2.45) is 5.92 Å². The van der Waals surface area contributed by atoms with Crippen molar-refractivity contribution in [1.82, 2.24) is 4.90 Å². The monoisotopic (exact) mass is 255 g/mol. The smallest absolute Gasteiger partial charge is 0.328 e. The maximum Gasteiger partial charge on any atom is 0.328 e. The normalized spacial score (nSPS) is 37.8. The highest BCUT2D eigenvalue weighted by Crippen LogP contribution is 2.53. The van der Waals surface area contributed by atoms with Crippen molar-refractivity contribution in [2.75, 3.05) is 6.54 Å². The van der Waals surface area contributed by atoms with Gasteiger partial charge in [0.2, 0.25) is 0 Å². The Hall–Kier alpha value is -1.61. The Bertz CT molecular complexity index is 539. The second kappa shape index (κ2) is 3.94. The van der Waals surface area contributed by atoms with E-state index in [0.29, 0.717) is 18.6 Å². The van der Waals surface area contributed by atoms with Crippen molar-refractivity contribution < 1.29 is 9.53 Å². The summed E-state index contributed by atoms with van der Waals surface area (Å²) in [4.78, 5) is 14.7. The van der Waals surface area contributed by atoms with Gasteiger partial charge in [-0.15, -0.1) is 0 Å². The van der Waals surface area contributed by atoms with Crippen LogP contribution in [0, 0.1) is 5.92 Å². The minimum absolute atomic E-state index is 0.0320. The number of benzene rings is 1. The Kier molecular flexibility index (Phi) is 2.33. The number of rotatable bonds is 3. The fourth-order valence-corrected chi connectivity index (χ4v) is 3.61. The molecule has 2 bridgehead atoms. The molecule has 19 heavy (non-hydrogen) atoms. The summed E-state index contributed by atoms with van der Waals surface area (Å²) in [6.45, 7) is 1.26. The fourth-order valence-electron chi connectivity index (χ4n) is 3.61. The highest BCUT2D eigenvalue weighted by atomic mass is 16.5. The van der Waals surface area contributed by atoms with Crippen LogP contribution in [0.3, 0.4) is 0 Å². The van der Waals surface area contributed by atoms with Crippen LogP contribution in [0.25, 0.3) is 0 Å². The molecular formula is C16H17NO2. The third-order valence-corrected chi connectivity index (χ3v) is 4.74. The molecule has 0 N–H and O–H groups in total. The largest absolute Gasteiger partial charge is 0.459 e. The molecule has 2 saturated heterocycles. The summed E-state index contributed by atoms with van der Waals surface area (Å²) < 4.78 is 5.55. The van der Waals surface area contributed by atoms with Crippen LogP contribution in [0.4, 0.5) is 0 Å². The van der Waals surface area contributed by atoms with E-state index in [0.717, 1.165) is 18.5 Å². The van der Waals surface area contributed by atoms with Crippen LogP contribution in [0.15, 0.2) is 42.5 Å². The zero-order valence-corrected chi connectivity index (χ0v) is 10.8. The number of carbonyl (C=O) groups excluding carboxylic acids is 1. The predicted octanol–water partition coefficient (Wildman–Crippen LogP) is 2.13. The summed E-state index contributed by atoms with van der Waals surface area (Å²) in [5.41, 5.74) is 0.739. The summed E-state index contributed by atoms with van der Waals surface area (Å²) in [7, 11) is 0. The van der Waals surface area contributed by atoms with Gasteiger partial charge in [0.25, 0.3) is 0 Å². The first-order valence-electron chi connectivity index (χ1n) is 6.97. The summed E-state index contributed by atoms with van der Waals surface area (Å²) in [6.07, 6.45) is 6.79. The molecule has 3 nitrogen and oxygen atoms in total. The van der Waals surface area contributed by atoms with E-state index in [9.17, 15) is 4.79 Å². The van der Waals surface area contributed by atoms with E-state index >= 15 is 0 Å². The zero-order chi connectivity index (χ0) is 12.9. The highest BCUT2D eigenvalue weighted by molar-refractivity contribution is 5.86. The number of hydrogen-bond donors (Lipinski definition) is 0. The first-order chi connectivity index (χ1) is 9.30. The van der Waals surface area contributed by atoms with Crippen molar-refractivity contribution in [2.45, 2.75) is 31.0 Å². The van der Waals surface area contributed by atoms with Gasteiger partial charge in [-0.25, -0.2) is 4.79 Å². The lowest BCUT2D eigenvalue weighted by Gasteiger charge is -2.36. The lowest BCUT2D eigenvalue weighted by atomic mass is 9.79. The molecule has 0 aromatic heterocycles. The Morgan fingerprint density at radius 3 is 2.79 bits per heavy atom. The third-order valence-electron chi connectivity index (χ3n) is 4.74. The minimum atomic E-state index is -0.313. The standard InChI is InChI=1S/C16H17NO2/c18-15(19-10-12-4-2-1-3-5-12)16-11-17(16)14-8-6-13(16)7-9-14/h1-6,8,13-14H,7,9-11H2/t13-,14+,16-,17?/m0/s1. The second-order valence-electron chi connectivity index (χ2n) is 5.75. The Balaban J connectivity index is 1.47. The maximum absolute atomic E-state index is 12.4. The summed E-state index contributed by atoms with van der Waals surface area (Å²) in [6, 6.07) is 10.4. The average molecular weight is 255 g/mol. The molecule has 4 aliphatic rings. The quantitative estimate of drug-likeness (QED) is 0.471. The Labute approximate surface area is 112 Å². The molecule has 2 fully saturated rings. The molecule has 0 radical (unpaired) electrons. The van der Waals surface area contributed by atoms with Crippen molar-refractivity contribution in [3.05, 3.63) is 48.0 Å². The lowest BCUT2D eigenvalue weighted by molar-refractivity contribution is -0.152. The SMILES string of the molecule is O=C(OCc1ccccc1)[C@@]12CN1[C@@H]1C=C[C@H]2CC1.